The Hall–Kier alpha value is -4.69. The van der Waals surface area contributed by atoms with Crippen LogP contribution in [0.3, 0.4) is 0 Å². The van der Waals surface area contributed by atoms with Gasteiger partial charge in [0.15, 0.2) is 5.96 Å². The highest BCUT2D eigenvalue weighted by atomic mass is 35.5. The number of aryl methyl sites for hydroxylation is 1. The lowest BCUT2D eigenvalue weighted by Gasteiger charge is -2.29. The molecule has 0 saturated heterocycles. The Bertz CT molecular complexity index is 1660. The Morgan fingerprint density at radius 3 is 2.29 bits per heavy atom. The number of benzene rings is 2. The van der Waals surface area contributed by atoms with Gasteiger partial charge in [-0.3, -0.25) is 24.2 Å². The standard InChI is InChI=1S/C35H48Cl2N10O4/c1-21(2)15-26(20-30(48)46(6)29(31(38)49)16-23-11-8-7-9-12-23)43-33(50)28(13-10-14-41-35(39-4)40-5)44-34(51)32-42-22(3)47(45-32)27-18-24(36)17-25(37)19-27/h7-9,11-12,17-19,21,26,28-29H,10,13-16,20H2,1-6H3,(H2,38,49)(H,43,50)(H,44,51)(H2,39,40,41)/t26?,28-,29?/m0/s1. The van der Waals surface area contributed by atoms with E-state index in [1.165, 1.54) is 16.6 Å². The largest absolute Gasteiger partial charge is 0.368 e. The topological polar surface area (TPSA) is 189 Å². The van der Waals surface area contributed by atoms with Gasteiger partial charge in [-0.05, 0) is 55.9 Å². The van der Waals surface area contributed by atoms with Crippen molar-refractivity contribution in [3.63, 3.8) is 0 Å². The molecule has 2 aromatic carbocycles. The Balaban J connectivity index is 1.80. The number of aromatic nitrogens is 3. The molecule has 2 unspecified atom stereocenters. The van der Waals surface area contributed by atoms with Gasteiger partial charge in [-0.15, -0.1) is 5.10 Å². The molecule has 0 spiro atoms. The van der Waals surface area contributed by atoms with E-state index in [1.54, 1.807) is 39.2 Å². The van der Waals surface area contributed by atoms with Gasteiger partial charge in [0.1, 0.15) is 17.9 Å². The molecule has 1 aromatic heterocycles. The molecule has 51 heavy (non-hydrogen) atoms. The van der Waals surface area contributed by atoms with Gasteiger partial charge in [0.05, 0.1) is 5.69 Å². The summed E-state index contributed by atoms with van der Waals surface area (Å²) in [5, 5.41) is 17.0. The maximum Gasteiger partial charge on any atom is 0.291 e. The maximum absolute atomic E-state index is 13.9. The van der Waals surface area contributed by atoms with Crippen LogP contribution in [0.25, 0.3) is 5.69 Å². The number of aliphatic imine (C=N–C) groups is 1. The number of halogens is 2. The molecule has 0 aliphatic heterocycles. The number of nitrogens with one attached hydrogen (secondary N) is 4. The van der Waals surface area contributed by atoms with E-state index < -0.39 is 35.8 Å². The SMILES string of the molecule is CN=C(NC)NCCC[C@H](NC(=O)c1nc(C)n(-c2cc(Cl)cc(Cl)c2)n1)C(=O)NC(CC(=O)N(C)C(Cc1ccccc1)C(N)=O)CC(C)C. The molecule has 3 aromatic rings. The quantitative estimate of drug-likeness (QED) is 0.0793. The minimum Gasteiger partial charge on any atom is -0.368 e. The van der Waals surface area contributed by atoms with E-state index in [0.717, 1.165) is 5.56 Å². The number of primary amides is 1. The van der Waals surface area contributed by atoms with E-state index in [0.29, 0.717) is 46.9 Å². The van der Waals surface area contributed by atoms with E-state index in [1.807, 2.05) is 44.2 Å². The number of likely N-dealkylation sites (N-methyl/N-ethyl adjacent to an activating group) is 1. The number of guanidine groups is 1. The Morgan fingerprint density at radius 1 is 1.04 bits per heavy atom. The molecule has 1 heterocycles. The number of carbonyl (C=O) groups excluding carboxylic acids is 4. The third-order valence-electron chi connectivity index (χ3n) is 8.09. The summed E-state index contributed by atoms with van der Waals surface area (Å²) >= 11 is 12.4. The molecule has 16 heteroatoms. The molecule has 0 fully saturated rings. The van der Waals surface area contributed by atoms with Gasteiger partial charge < -0.3 is 31.9 Å². The van der Waals surface area contributed by atoms with Crippen LogP contribution in [0.2, 0.25) is 10.0 Å². The molecule has 0 bridgehead atoms. The van der Waals surface area contributed by atoms with E-state index in [4.69, 9.17) is 28.9 Å². The Labute approximate surface area is 308 Å². The summed E-state index contributed by atoms with van der Waals surface area (Å²) in [4.78, 5) is 63.1. The number of hydrogen-bond donors (Lipinski definition) is 5. The van der Waals surface area contributed by atoms with Crippen molar-refractivity contribution < 1.29 is 19.2 Å². The van der Waals surface area contributed by atoms with Crippen molar-refractivity contribution in [1.29, 1.82) is 0 Å². The van der Waals surface area contributed by atoms with Gasteiger partial charge >= 0.3 is 0 Å². The van der Waals surface area contributed by atoms with Crippen LogP contribution in [0, 0.1) is 12.8 Å². The summed E-state index contributed by atoms with van der Waals surface area (Å²) in [5.74, 6) is -1.17. The normalized spacial score (nSPS) is 13.2. The zero-order valence-electron chi connectivity index (χ0n) is 29.9. The smallest absolute Gasteiger partial charge is 0.291 e. The average Bonchev–Trinajstić information content (AvgIpc) is 3.47. The van der Waals surface area contributed by atoms with Gasteiger partial charge in [-0.25, -0.2) is 9.67 Å². The number of rotatable bonds is 17. The minimum absolute atomic E-state index is 0.0763. The predicted molar refractivity (Wildman–Crippen MR) is 199 cm³/mol. The summed E-state index contributed by atoms with van der Waals surface area (Å²) in [6.45, 7) is 6.09. The number of amides is 4. The summed E-state index contributed by atoms with van der Waals surface area (Å²) in [7, 11) is 4.91. The van der Waals surface area contributed by atoms with E-state index in [2.05, 4.69) is 36.3 Å². The third-order valence-corrected chi connectivity index (χ3v) is 8.53. The van der Waals surface area contributed by atoms with Gasteiger partial charge in [0.25, 0.3) is 5.91 Å². The van der Waals surface area contributed by atoms with Crippen molar-refractivity contribution in [2.24, 2.45) is 16.6 Å². The lowest BCUT2D eigenvalue weighted by molar-refractivity contribution is -0.138. The summed E-state index contributed by atoms with van der Waals surface area (Å²) in [5.41, 5.74) is 7.10. The van der Waals surface area contributed by atoms with Crippen LogP contribution >= 0.6 is 23.2 Å². The van der Waals surface area contributed by atoms with Gasteiger partial charge in [-0.1, -0.05) is 67.4 Å². The monoisotopic (exact) mass is 742 g/mol. The first-order chi connectivity index (χ1) is 24.2. The molecular weight excluding hydrogens is 695 g/mol. The fourth-order valence-electron chi connectivity index (χ4n) is 5.53. The molecular formula is C35H48Cl2N10O4. The van der Waals surface area contributed by atoms with Crippen LogP contribution in [0.5, 0.6) is 0 Å². The average molecular weight is 744 g/mol. The molecule has 6 N–H and O–H groups in total. The van der Waals surface area contributed by atoms with Crippen LogP contribution in [0.1, 0.15) is 61.5 Å². The third kappa shape index (κ3) is 12.5. The number of hydrogen-bond acceptors (Lipinski definition) is 7. The first-order valence-electron chi connectivity index (χ1n) is 16.7. The van der Waals surface area contributed by atoms with E-state index in [-0.39, 0.29) is 36.9 Å². The van der Waals surface area contributed by atoms with Crippen molar-refractivity contribution >= 4 is 52.8 Å². The summed E-state index contributed by atoms with van der Waals surface area (Å²) in [6, 6.07) is 11.7. The lowest BCUT2D eigenvalue weighted by Crippen LogP contribution is -2.52. The second-order valence-electron chi connectivity index (χ2n) is 12.6. The molecule has 3 rings (SSSR count). The molecule has 276 valence electrons. The predicted octanol–water partition coefficient (Wildman–Crippen LogP) is 3.03. The highest BCUT2D eigenvalue weighted by molar-refractivity contribution is 6.34. The molecule has 0 aliphatic carbocycles. The van der Waals surface area contributed by atoms with Gasteiger partial charge in [-0.2, -0.15) is 0 Å². The zero-order chi connectivity index (χ0) is 37.7. The fourth-order valence-corrected chi connectivity index (χ4v) is 6.05. The number of nitrogens with zero attached hydrogens (tertiary/aromatic N) is 5. The molecule has 0 saturated carbocycles. The molecule has 4 amide bonds. The number of nitrogens with two attached hydrogens (primary N) is 1. The second kappa shape index (κ2) is 19.6. The van der Waals surface area contributed by atoms with Crippen molar-refractivity contribution in [2.45, 2.75) is 71.0 Å². The minimum atomic E-state index is -0.997. The first-order valence-corrected chi connectivity index (χ1v) is 17.5. The molecule has 0 radical (unpaired) electrons. The lowest BCUT2D eigenvalue weighted by atomic mass is 9.98. The van der Waals surface area contributed by atoms with E-state index >= 15 is 0 Å². The zero-order valence-corrected chi connectivity index (χ0v) is 31.4. The molecule has 0 aliphatic rings. The summed E-state index contributed by atoms with van der Waals surface area (Å²) in [6.07, 6.45) is 1.38. The Kier molecular flexibility index (Phi) is 15.7. The van der Waals surface area contributed by atoms with Crippen LogP contribution in [0.4, 0.5) is 0 Å². The molecule has 14 nitrogen and oxygen atoms in total. The van der Waals surface area contributed by atoms with Crippen molar-refractivity contribution in [1.82, 2.24) is 40.9 Å². The highest BCUT2D eigenvalue weighted by Gasteiger charge is 2.30. The summed E-state index contributed by atoms with van der Waals surface area (Å²) < 4.78 is 1.44. The first kappa shape index (κ1) is 40.7. The van der Waals surface area contributed by atoms with Crippen LogP contribution in [0.15, 0.2) is 53.5 Å². The maximum atomic E-state index is 13.9. The Morgan fingerprint density at radius 2 is 1.71 bits per heavy atom. The van der Waals surface area contributed by atoms with Crippen molar-refractivity contribution in [2.75, 3.05) is 27.7 Å². The van der Waals surface area contributed by atoms with E-state index in [9.17, 15) is 19.2 Å². The highest BCUT2D eigenvalue weighted by Crippen LogP contribution is 2.22. The van der Waals surface area contributed by atoms with Gasteiger partial charge in [0, 0.05) is 56.6 Å². The second-order valence-corrected chi connectivity index (χ2v) is 13.5. The van der Waals surface area contributed by atoms with Crippen LogP contribution < -0.4 is 27.0 Å². The van der Waals surface area contributed by atoms with Crippen molar-refractivity contribution in [3.8, 4) is 5.69 Å². The number of carbonyl (C=O) groups is 4. The van der Waals surface area contributed by atoms with Gasteiger partial charge in [0.2, 0.25) is 23.5 Å². The van der Waals surface area contributed by atoms with Crippen LogP contribution in [-0.2, 0) is 20.8 Å². The van der Waals surface area contributed by atoms with Crippen molar-refractivity contribution in [3.05, 3.63) is 75.8 Å². The molecule has 3 atom stereocenters. The fraction of sp³-hybridized carbons (Fsp3) is 0.457. The van der Waals surface area contributed by atoms with Crippen LogP contribution in [-0.4, -0.2) is 95.1 Å².